The van der Waals surface area contributed by atoms with Gasteiger partial charge in [-0.1, -0.05) is 12.1 Å². The van der Waals surface area contributed by atoms with Crippen LogP contribution < -0.4 is 5.32 Å². The fourth-order valence-electron chi connectivity index (χ4n) is 1.86. The SMILES string of the molecule is Cc1ccc(S(C)(=O)=O)cc1C(=O)NCc1cccnc1. The molecular formula is C15H16N2O3S. The lowest BCUT2D eigenvalue weighted by Crippen LogP contribution is -2.24. The van der Waals surface area contributed by atoms with Gasteiger partial charge in [0.2, 0.25) is 0 Å². The van der Waals surface area contributed by atoms with Crippen molar-refractivity contribution in [1.29, 1.82) is 0 Å². The van der Waals surface area contributed by atoms with Crippen molar-refractivity contribution in [3.8, 4) is 0 Å². The molecule has 1 heterocycles. The van der Waals surface area contributed by atoms with Gasteiger partial charge in [-0.05, 0) is 36.2 Å². The van der Waals surface area contributed by atoms with Crippen LogP contribution in [-0.4, -0.2) is 25.6 Å². The molecule has 0 aliphatic carbocycles. The molecule has 0 aliphatic heterocycles. The maximum atomic E-state index is 12.2. The number of rotatable bonds is 4. The highest BCUT2D eigenvalue weighted by molar-refractivity contribution is 7.90. The average Bonchev–Trinajstić information content (AvgIpc) is 2.45. The normalized spacial score (nSPS) is 11.1. The predicted molar refractivity (Wildman–Crippen MR) is 79.7 cm³/mol. The number of aryl methyl sites for hydroxylation is 1. The number of pyridine rings is 1. The quantitative estimate of drug-likeness (QED) is 0.933. The summed E-state index contributed by atoms with van der Waals surface area (Å²) in [5.41, 5.74) is 1.97. The number of sulfone groups is 1. The Balaban J connectivity index is 2.19. The summed E-state index contributed by atoms with van der Waals surface area (Å²) in [7, 11) is -3.33. The zero-order valence-electron chi connectivity index (χ0n) is 11.8. The summed E-state index contributed by atoms with van der Waals surface area (Å²) >= 11 is 0. The molecule has 0 saturated heterocycles. The molecule has 1 aromatic carbocycles. The fourth-order valence-corrected chi connectivity index (χ4v) is 2.50. The van der Waals surface area contributed by atoms with Gasteiger partial charge < -0.3 is 5.32 Å². The molecule has 6 heteroatoms. The van der Waals surface area contributed by atoms with Gasteiger partial charge >= 0.3 is 0 Å². The first-order chi connectivity index (χ1) is 9.88. The molecule has 1 aromatic heterocycles. The van der Waals surface area contributed by atoms with E-state index in [0.29, 0.717) is 12.1 Å². The van der Waals surface area contributed by atoms with E-state index in [1.807, 2.05) is 6.07 Å². The molecule has 0 saturated carbocycles. The number of aromatic nitrogens is 1. The van der Waals surface area contributed by atoms with Crippen LogP contribution in [0.5, 0.6) is 0 Å². The summed E-state index contributed by atoms with van der Waals surface area (Å²) in [6, 6.07) is 8.19. The van der Waals surface area contributed by atoms with E-state index >= 15 is 0 Å². The molecule has 2 aromatic rings. The summed E-state index contributed by atoms with van der Waals surface area (Å²) in [5, 5.41) is 2.76. The molecular weight excluding hydrogens is 288 g/mol. The number of benzene rings is 1. The highest BCUT2D eigenvalue weighted by Gasteiger charge is 2.14. The highest BCUT2D eigenvalue weighted by Crippen LogP contribution is 2.15. The van der Waals surface area contributed by atoms with Gasteiger partial charge in [0.25, 0.3) is 5.91 Å². The lowest BCUT2D eigenvalue weighted by atomic mass is 10.1. The Kier molecular flexibility index (Phi) is 4.37. The maximum Gasteiger partial charge on any atom is 0.251 e. The van der Waals surface area contributed by atoms with Crippen LogP contribution in [0.1, 0.15) is 21.5 Å². The van der Waals surface area contributed by atoms with Crippen LogP contribution in [-0.2, 0) is 16.4 Å². The largest absolute Gasteiger partial charge is 0.348 e. The Morgan fingerprint density at radius 1 is 1.29 bits per heavy atom. The number of amides is 1. The Labute approximate surface area is 124 Å². The van der Waals surface area contributed by atoms with Crippen molar-refractivity contribution < 1.29 is 13.2 Å². The monoisotopic (exact) mass is 304 g/mol. The summed E-state index contributed by atoms with van der Waals surface area (Å²) < 4.78 is 23.1. The van der Waals surface area contributed by atoms with Crippen LogP contribution in [0.4, 0.5) is 0 Å². The van der Waals surface area contributed by atoms with Crippen molar-refractivity contribution in [3.05, 3.63) is 59.4 Å². The fraction of sp³-hybridized carbons (Fsp3) is 0.200. The first-order valence-corrected chi connectivity index (χ1v) is 8.25. The van der Waals surface area contributed by atoms with Crippen molar-refractivity contribution in [2.24, 2.45) is 0 Å². The molecule has 1 amide bonds. The van der Waals surface area contributed by atoms with E-state index in [1.165, 1.54) is 12.1 Å². The Morgan fingerprint density at radius 3 is 2.67 bits per heavy atom. The minimum absolute atomic E-state index is 0.139. The van der Waals surface area contributed by atoms with E-state index in [0.717, 1.165) is 17.4 Å². The molecule has 0 radical (unpaired) electrons. The van der Waals surface area contributed by atoms with E-state index in [2.05, 4.69) is 10.3 Å². The van der Waals surface area contributed by atoms with Gasteiger partial charge in [0.05, 0.1) is 4.90 Å². The van der Waals surface area contributed by atoms with Gasteiger partial charge in [-0.2, -0.15) is 0 Å². The number of carbonyl (C=O) groups is 1. The molecule has 0 fully saturated rings. The van der Waals surface area contributed by atoms with Crippen LogP contribution in [0.25, 0.3) is 0 Å². The third-order valence-corrected chi connectivity index (χ3v) is 4.17. The van der Waals surface area contributed by atoms with Crippen molar-refractivity contribution in [2.75, 3.05) is 6.26 Å². The van der Waals surface area contributed by atoms with Crippen LogP contribution in [0.15, 0.2) is 47.6 Å². The van der Waals surface area contributed by atoms with Crippen molar-refractivity contribution >= 4 is 15.7 Å². The third kappa shape index (κ3) is 3.88. The first kappa shape index (κ1) is 15.2. The van der Waals surface area contributed by atoms with Gasteiger partial charge in [-0.25, -0.2) is 8.42 Å². The van der Waals surface area contributed by atoms with E-state index in [9.17, 15) is 13.2 Å². The molecule has 0 unspecified atom stereocenters. The second-order valence-electron chi connectivity index (χ2n) is 4.79. The van der Waals surface area contributed by atoms with Gasteiger partial charge in [-0.3, -0.25) is 9.78 Å². The number of nitrogens with one attached hydrogen (secondary N) is 1. The van der Waals surface area contributed by atoms with Crippen LogP contribution in [0, 0.1) is 6.92 Å². The summed E-state index contributed by atoms with van der Waals surface area (Å²) in [4.78, 5) is 16.3. The molecule has 5 nitrogen and oxygen atoms in total. The summed E-state index contributed by atoms with van der Waals surface area (Å²) in [5.74, 6) is -0.304. The molecule has 0 atom stereocenters. The van der Waals surface area contributed by atoms with E-state index in [4.69, 9.17) is 0 Å². The van der Waals surface area contributed by atoms with Gasteiger partial charge in [0.1, 0.15) is 0 Å². The third-order valence-electron chi connectivity index (χ3n) is 3.06. The second kappa shape index (κ2) is 6.05. The lowest BCUT2D eigenvalue weighted by molar-refractivity contribution is 0.0950. The topological polar surface area (TPSA) is 76.1 Å². The molecule has 2 rings (SSSR count). The summed E-state index contributed by atoms with van der Waals surface area (Å²) in [6.45, 7) is 2.11. The standard InChI is InChI=1S/C15H16N2O3S/c1-11-5-6-13(21(2,19)20)8-14(11)15(18)17-10-12-4-3-7-16-9-12/h3-9H,10H2,1-2H3,(H,17,18). The van der Waals surface area contributed by atoms with E-state index in [-0.39, 0.29) is 10.8 Å². The number of nitrogens with zero attached hydrogens (tertiary/aromatic N) is 1. The number of hydrogen-bond acceptors (Lipinski definition) is 4. The van der Waals surface area contributed by atoms with Crippen LogP contribution in [0.2, 0.25) is 0 Å². The smallest absolute Gasteiger partial charge is 0.251 e. The highest BCUT2D eigenvalue weighted by atomic mass is 32.2. The summed E-state index contributed by atoms with van der Waals surface area (Å²) in [6.07, 6.45) is 4.44. The lowest BCUT2D eigenvalue weighted by Gasteiger charge is -2.09. The predicted octanol–water partition coefficient (Wildman–Crippen LogP) is 1.72. The minimum atomic E-state index is -3.33. The average molecular weight is 304 g/mol. The molecule has 0 spiro atoms. The minimum Gasteiger partial charge on any atom is -0.348 e. The second-order valence-corrected chi connectivity index (χ2v) is 6.81. The number of carbonyl (C=O) groups excluding carboxylic acids is 1. The van der Waals surface area contributed by atoms with E-state index < -0.39 is 9.84 Å². The van der Waals surface area contributed by atoms with Crippen molar-refractivity contribution in [1.82, 2.24) is 10.3 Å². The number of hydrogen-bond donors (Lipinski definition) is 1. The van der Waals surface area contributed by atoms with Crippen LogP contribution >= 0.6 is 0 Å². The molecule has 0 aliphatic rings. The molecule has 21 heavy (non-hydrogen) atoms. The van der Waals surface area contributed by atoms with Crippen molar-refractivity contribution in [3.63, 3.8) is 0 Å². The Morgan fingerprint density at radius 2 is 2.05 bits per heavy atom. The maximum absolute atomic E-state index is 12.2. The Bertz CT molecular complexity index is 756. The van der Waals surface area contributed by atoms with Crippen molar-refractivity contribution in [2.45, 2.75) is 18.4 Å². The molecule has 110 valence electrons. The van der Waals surface area contributed by atoms with E-state index in [1.54, 1.807) is 31.5 Å². The first-order valence-electron chi connectivity index (χ1n) is 6.36. The molecule has 0 bridgehead atoms. The van der Waals surface area contributed by atoms with Gasteiger partial charge in [0, 0.05) is 30.8 Å². The zero-order valence-corrected chi connectivity index (χ0v) is 12.6. The Hall–Kier alpha value is -2.21. The van der Waals surface area contributed by atoms with Gasteiger partial charge in [-0.15, -0.1) is 0 Å². The molecule has 1 N–H and O–H groups in total. The van der Waals surface area contributed by atoms with Crippen LogP contribution in [0.3, 0.4) is 0 Å². The van der Waals surface area contributed by atoms with Gasteiger partial charge in [0.15, 0.2) is 9.84 Å². The zero-order chi connectivity index (χ0) is 15.5.